The van der Waals surface area contributed by atoms with Crippen LogP contribution in [0.1, 0.15) is 35.7 Å². The summed E-state index contributed by atoms with van der Waals surface area (Å²) < 4.78 is 15.7. The quantitative estimate of drug-likeness (QED) is 0.408. The van der Waals surface area contributed by atoms with Gasteiger partial charge in [-0.25, -0.2) is 4.79 Å². The zero-order valence-electron chi connectivity index (χ0n) is 17.4. The molecule has 2 aromatic rings. The highest BCUT2D eigenvalue weighted by atomic mass is 16.6. The third-order valence-corrected chi connectivity index (χ3v) is 5.36. The van der Waals surface area contributed by atoms with Crippen molar-refractivity contribution in [2.24, 2.45) is 0 Å². The number of hydrogen-bond acceptors (Lipinski definition) is 7. The van der Waals surface area contributed by atoms with Crippen LogP contribution in [0.25, 0.3) is 0 Å². The predicted octanol–water partition coefficient (Wildman–Crippen LogP) is 3.47. The first kappa shape index (κ1) is 22.2. The van der Waals surface area contributed by atoms with Crippen LogP contribution in [-0.4, -0.2) is 43.7 Å². The molecule has 0 saturated carbocycles. The van der Waals surface area contributed by atoms with E-state index < -0.39 is 16.3 Å². The molecule has 0 radical (unpaired) electrons. The van der Waals surface area contributed by atoms with Gasteiger partial charge in [0.2, 0.25) is 5.91 Å². The SMILES string of the molecule is CCOC(=O)c1cc(NC(=O)C2(c3ccc([N+](=O)[O-])cc3)CCOCC2)ccc1OC. The summed E-state index contributed by atoms with van der Waals surface area (Å²) in [4.78, 5) is 36.2. The number of anilines is 1. The van der Waals surface area contributed by atoms with Crippen LogP contribution in [0.3, 0.4) is 0 Å². The second-order valence-electron chi connectivity index (χ2n) is 7.09. The van der Waals surface area contributed by atoms with E-state index in [2.05, 4.69) is 5.32 Å². The Bertz CT molecular complexity index is 966. The van der Waals surface area contributed by atoms with Gasteiger partial charge in [-0.1, -0.05) is 12.1 Å². The number of hydrogen-bond donors (Lipinski definition) is 1. The Labute approximate surface area is 179 Å². The van der Waals surface area contributed by atoms with E-state index in [9.17, 15) is 19.7 Å². The number of carbonyl (C=O) groups excluding carboxylic acids is 2. The van der Waals surface area contributed by atoms with E-state index in [0.717, 1.165) is 0 Å². The molecule has 1 aliphatic rings. The minimum absolute atomic E-state index is 0.0411. The molecule has 1 N–H and O–H groups in total. The van der Waals surface area contributed by atoms with Gasteiger partial charge in [-0.15, -0.1) is 0 Å². The van der Waals surface area contributed by atoms with Crippen LogP contribution in [0.5, 0.6) is 5.75 Å². The average Bonchev–Trinajstić information content (AvgIpc) is 2.79. The van der Waals surface area contributed by atoms with Crippen molar-refractivity contribution in [3.05, 3.63) is 63.7 Å². The molecule has 2 aromatic carbocycles. The van der Waals surface area contributed by atoms with E-state index in [1.807, 2.05) is 0 Å². The maximum atomic E-state index is 13.4. The Morgan fingerprint density at radius 2 is 1.84 bits per heavy atom. The fraction of sp³-hybridized carbons (Fsp3) is 0.364. The largest absolute Gasteiger partial charge is 0.496 e. The minimum Gasteiger partial charge on any atom is -0.496 e. The predicted molar refractivity (Wildman–Crippen MR) is 112 cm³/mol. The van der Waals surface area contributed by atoms with Crippen LogP contribution in [-0.2, 0) is 19.7 Å². The minimum atomic E-state index is -0.905. The number of rotatable bonds is 7. The summed E-state index contributed by atoms with van der Waals surface area (Å²) in [7, 11) is 1.45. The molecule has 0 aliphatic carbocycles. The lowest BCUT2D eigenvalue weighted by Gasteiger charge is -2.36. The monoisotopic (exact) mass is 428 g/mol. The van der Waals surface area contributed by atoms with Crippen LogP contribution in [0.2, 0.25) is 0 Å². The number of amides is 1. The lowest BCUT2D eigenvalue weighted by Crippen LogP contribution is -2.44. The summed E-state index contributed by atoms with van der Waals surface area (Å²) >= 11 is 0. The van der Waals surface area contributed by atoms with Crippen molar-refractivity contribution in [2.75, 3.05) is 32.2 Å². The zero-order valence-corrected chi connectivity index (χ0v) is 17.4. The number of carbonyl (C=O) groups is 2. The number of esters is 1. The van der Waals surface area contributed by atoms with Crippen LogP contribution < -0.4 is 10.1 Å². The molecule has 0 atom stereocenters. The van der Waals surface area contributed by atoms with Gasteiger partial charge in [0.1, 0.15) is 11.3 Å². The molecule has 9 nitrogen and oxygen atoms in total. The first-order chi connectivity index (χ1) is 14.9. The molecule has 0 bridgehead atoms. The Kier molecular flexibility index (Phi) is 6.86. The number of nitrogens with zero attached hydrogens (tertiary/aromatic N) is 1. The molecule has 164 valence electrons. The number of nitro benzene ring substituents is 1. The Morgan fingerprint density at radius 3 is 2.42 bits per heavy atom. The fourth-order valence-electron chi connectivity index (χ4n) is 3.67. The lowest BCUT2D eigenvalue weighted by atomic mass is 9.73. The van der Waals surface area contributed by atoms with Gasteiger partial charge >= 0.3 is 5.97 Å². The normalized spacial score (nSPS) is 15.0. The summed E-state index contributed by atoms with van der Waals surface area (Å²) in [6, 6.07) is 10.8. The number of non-ortho nitro benzene ring substituents is 1. The molecule has 1 fully saturated rings. The van der Waals surface area contributed by atoms with Crippen molar-refractivity contribution < 1.29 is 28.7 Å². The number of nitro groups is 1. The van der Waals surface area contributed by atoms with E-state index in [1.165, 1.54) is 25.3 Å². The van der Waals surface area contributed by atoms with Gasteiger partial charge in [0.25, 0.3) is 5.69 Å². The van der Waals surface area contributed by atoms with E-state index >= 15 is 0 Å². The van der Waals surface area contributed by atoms with Crippen molar-refractivity contribution in [1.82, 2.24) is 0 Å². The van der Waals surface area contributed by atoms with Crippen LogP contribution in [0, 0.1) is 10.1 Å². The molecule has 0 aromatic heterocycles. The van der Waals surface area contributed by atoms with E-state index in [-0.39, 0.29) is 23.8 Å². The first-order valence-electron chi connectivity index (χ1n) is 9.90. The average molecular weight is 428 g/mol. The maximum absolute atomic E-state index is 13.4. The van der Waals surface area contributed by atoms with Crippen molar-refractivity contribution >= 4 is 23.3 Å². The van der Waals surface area contributed by atoms with Gasteiger partial charge in [-0.3, -0.25) is 14.9 Å². The fourth-order valence-corrected chi connectivity index (χ4v) is 3.67. The highest BCUT2D eigenvalue weighted by Gasteiger charge is 2.42. The third kappa shape index (κ3) is 4.66. The van der Waals surface area contributed by atoms with Gasteiger partial charge < -0.3 is 19.5 Å². The second-order valence-corrected chi connectivity index (χ2v) is 7.09. The smallest absolute Gasteiger partial charge is 0.341 e. The van der Waals surface area contributed by atoms with E-state index in [4.69, 9.17) is 14.2 Å². The molecule has 3 rings (SSSR count). The molecule has 1 saturated heterocycles. The molecule has 31 heavy (non-hydrogen) atoms. The van der Waals surface area contributed by atoms with Gasteiger partial charge in [0, 0.05) is 31.0 Å². The number of ether oxygens (including phenoxy) is 3. The Hall–Kier alpha value is -3.46. The number of methoxy groups -OCH3 is 1. The number of benzene rings is 2. The summed E-state index contributed by atoms with van der Waals surface area (Å²) in [5.41, 5.74) is 0.357. The Balaban J connectivity index is 1.92. The molecular weight excluding hydrogens is 404 g/mol. The van der Waals surface area contributed by atoms with Crippen LogP contribution >= 0.6 is 0 Å². The molecular formula is C22H24N2O7. The van der Waals surface area contributed by atoms with E-state index in [1.54, 1.807) is 31.2 Å². The van der Waals surface area contributed by atoms with Crippen molar-refractivity contribution in [1.29, 1.82) is 0 Å². The Morgan fingerprint density at radius 1 is 1.16 bits per heavy atom. The van der Waals surface area contributed by atoms with Gasteiger partial charge in [0.15, 0.2) is 0 Å². The van der Waals surface area contributed by atoms with Gasteiger partial charge in [-0.05, 0) is 43.5 Å². The molecule has 0 spiro atoms. The summed E-state index contributed by atoms with van der Waals surface area (Å²) in [5.74, 6) is -0.483. The topological polar surface area (TPSA) is 117 Å². The van der Waals surface area contributed by atoms with E-state index in [0.29, 0.717) is 43.1 Å². The lowest BCUT2D eigenvalue weighted by molar-refractivity contribution is -0.384. The first-order valence-corrected chi connectivity index (χ1v) is 9.90. The molecule has 1 amide bonds. The van der Waals surface area contributed by atoms with Gasteiger partial charge in [0.05, 0.1) is 24.1 Å². The molecule has 1 aliphatic heterocycles. The summed E-state index contributed by atoms with van der Waals surface area (Å²) in [5, 5.41) is 13.9. The molecule has 9 heteroatoms. The standard InChI is InChI=1S/C22H24N2O7/c1-3-31-20(25)18-14-16(6-9-19(18)29-2)23-21(26)22(10-12-30-13-11-22)15-4-7-17(8-5-15)24(27)28/h4-9,14H,3,10-13H2,1-2H3,(H,23,26). The molecule has 1 heterocycles. The highest BCUT2D eigenvalue weighted by molar-refractivity contribution is 6.01. The van der Waals surface area contributed by atoms with Crippen molar-refractivity contribution in [3.8, 4) is 5.75 Å². The van der Waals surface area contributed by atoms with Crippen LogP contribution in [0.4, 0.5) is 11.4 Å². The third-order valence-electron chi connectivity index (χ3n) is 5.36. The summed E-state index contributed by atoms with van der Waals surface area (Å²) in [6.07, 6.45) is 0.856. The zero-order chi connectivity index (χ0) is 22.4. The maximum Gasteiger partial charge on any atom is 0.341 e. The second kappa shape index (κ2) is 9.57. The molecule has 0 unspecified atom stereocenters. The highest BCUT2D eigenvalue weighted by Crippen LogP contribution is 2.37. The summed E-state index contributed by atoms with van der Waals surface area (Å²) in [6.45, 7) is 2.69. The van der Waals surface area contributed by atoms with Crippen molar-refractivity contribution in [2.45, 2.75) is 25.2 Å². The van der Waals surface area contributed by atoms with Gasteiger partial charge in [-0.2, -0.15) is 0 Å². The van der Waals surface area contributed by atoms with Crippen LogP contribution in [0.15, 0.2) is 42.5 Å². The number of nitrogens with one attached hydrogen (secondary N) is 1. The van der Waals surface area contributed by atoms with Crippen molar-refractivity contribution in [3.63, 3.8) is 0 Å².